The number of halogens is 1. The number of rotatable bonds is 7. The van der Waals surface area contributed by atoms with Crippen LogP contribution in [-0.2, 0) is 4.79 Å². The SMILES string of the molecule is O=C(N/N=C/c1cc(Cl)cc([N+](=O)[O-])c1O)C(=Cc1ccc2c(c1)OCO2)NC(=O)c1ccccc1. The van der Waals surface area contributed by atoms with Gasteiger partial charge in [0.15, 0.2) is 11.5 Å². The molecule has 4 rings (SSSR count). The Hall–Kier alpha value is -4.90. The van der Waals surface area contributed by atoms with Gasteiger partial charge in [-0.2, -0.15) is 5.10 Å². The summed E-state index contributed by atoms with van der Waals surface area (Å²) in [4.78, 5) is 35.9. The van der Waals surface area contributed by atoms with Gasteiger partial charge in [-0.05, 0) is 42.0 Å². The first-order valence-corrected chi connectivity index (χ1v) is 10.7. The zero-order chi connectivity index (χ0) is 25.7. The summed E-state index contributed by atoms with van der Waals surface area (Å²) in [6.45, 7) is 0.0732. The van der Waals surface area contributed by atoms with Crippen LogP contribution in [0.3, 0.4) is 0 Å². The first-order valence-electron chi connectivity index (χ1n) is 10.3. The van der Waals surface area contributed by atoms with Gasteiger partial charge in [0.05, 0.1) is 11.1 Å². The molecule has 0 spiro atoms. The summed E-state index contributed by atoms with van der Waals surface area (Å²) in [5.74, 6) is -0.981. The Balaban J connectivity index is 1.59. The van der Waals surface area contributed by atoms with E-state index in [-0.39, 0.29) is 23.1 Å². The molecule has 0 atom stereocenters. The van der Waals surface area contributed by atoms with Crippen molar-refractivity contribution >= 4 is 41.4 Å². The molecule has 0 aliphatic carbocycles. The van der Waals surface area contributed by atoms with Crippen molar-refractivity contribution in [2.24, 2.45) is 5.10 Å². The van der Waals surface area contributed by atoms with E-state index >= 15 is 0 Å². The van der Waals surface area contributed by atoms with Crippen LogP contribution in [0.5, 0.6) is 17.2 Å². The van der Waals surface area contributed by atoms with E-state index in [9.17, 15) is 24.8 Å². The van der Waals surface area contributed by atoms with Crippen LogP contribution >= 0.6 is 11.6 Å². The van der Waals surface area contributed by atoms with E-state index in [0.717, 1.165) is 12.3 Å². The summed E-state index contributed by atoms with van der Waals surface area (Å²) in [6.07, 6.45) is 2.40. The number of nitro benzene ring substituents is 1. The molecule has 1 heterocycles. The van der Waals surface area contributed by atoms with Gasteiger partial charge in [-0.3, -0.25) is 19.7 Å². The lowest BCUT2D eigenvalue weighted by atomic mass is 10.1. The quantitative estimate of drug-likeness (QED) is 0.191. The maximum atomic E-state index is 12.9. The van der Waals surface area contributed by atoms with Gasteiger partial charge in [0.25, 0.3) is 11.8 Å². The smallest absolute Gasteiger partial charge is 0.312 e. The Bertz CT molecular complexity index is 1410. The number of nitrogens with one attached hydrogen (secondary N) is 2. The first-order chi connectivity index (χ1) is 17.3. The number of carbonyl (C=O) groups excluding carboxylic acids is 2. The topological polar surface area (TPSA) is 152 Å². The molecular formula is C24H17ClN4O7. The van der Waals surface area contributed by atoms with E-state index in [1.54, 1.807) is 48.5 Å². The minimum absolute atomic E-state index is 0.00852. The summed E-state index contributed by atoms with van der Waals surface area (Å²) >= 11 is 5.86. The number of phenols is 1. The van der Waals surface area contributed by atoms with Gasteiger partial charge < -0.3 is 19.9 Å². The third kappa shape index (κ3) is 5.59. The van der Waals surface area contributed by atoms with Crippen molar-refractivity contribution in [3.8, 4) is 17.2 Å². The van der Waals surface area contributed by atoms with Gasteiger partial charge >= 0.3 is 5.69 Å². The van der Waals surface area contributed by atoms with E-state index in [2.05, 4.69) is 15.8 Å². The number of fused-ring (bicyclic) bond motifs is 1. The maximum absolute atomic E-state index is 12.9. The number of carbonyl (C=O) groups is 2. The molecule has 0 bridgehead atoms. The Kier molecular flexibility index (Phi) is 7.12. The van der Waals surface area contributed by atoms with Crippen LogP contribution in [0.25, 0.3) is 6.08 Å². The number of nitro groups is 1. The highest BCUT2D eigenvalue weighted by atomic mass is 35.5. The average Bonchev–Trinajstić information content (AvgIpc) is 3.33. The molecule has 12 heteroatoms. The molecular weight excluding hydrogens is 492 g/mol. The maximum Gasteiger partial charge on any atom is 0.312 e. The van der Waals surface area contributed by atoms with Gasteiger partial charge in [0.2, 0.25) is 12.5 Å². The molecule has 36 heavy (non-hydrogen) atoms. The number of hydrogen-bond donors (Lipinski definition) is 3. The van der Waals surface area contributed by atoms with Crippen molar-refractivity contribution in [2.75, 3.05) is 6.79 Å². The lowest BCUT2D eigenvalue weighted by Gasteiger charge is -2.09. The highest BCUT2D eigenvalue weighted by Crippen LogP contribution is 2.33. The number of ether oxygens (including phenoxy) is 2. The molecule has 0 saturated carbocycles. The molecule has 0 radical (unpaired) electrons. The van der Waals surface area contributed by atoms with Crippen LogP contribution in [0.1, 0.15) is 21.5 Å². The molecule has 3 aromatic rings. The highest BCUT2D eigenvalue weighted by molar-refractivity contribution is 6.31. The summed E-state index contributed by atoms with van der Waals surface area (Å²) in [5.41, 5.74) is 2.21. The predicted molar refractivity (Wildman–Crippen MR) is 130 cm³/mol. The summed E-state index contributed by atoms with van der Waals surface area (Å²) in [7, 11) is 0. The van der Waals surface area contributed by atoms with Gasteiger partial charge in [-0.1, -0.05) is 35.9 Å². The molecule has 3 aromatic carbocycles. The third-order valence-corrected chi connectivity index (χ3v) is 5.11. The predicted octanol–water partition coefficient (Wildman–Crippen LogP) is 3.60. The largest absolute Gasteiger partial charge is 0.502 e. The van der Waals surface area contributed by atoms with Crippen LogP contribution in [0, 0.1) is 10.1 Å². The van der Waals surface area contributed by atoms with Crippen molar-refractivity contribution in [1.29, 1.82) is 0 Å². The lowest BCUT2D eigenvalue weighted by molar-refractivity contribution is -0.385. The third-order valence-electron chi connectivity index (χ3n) is 4.89. The fraction of sp³-hybridized carbons (Fsp3) is 0.0417. The Morgan fingerprint density at radius 2 is 1.83 bits per heavy atom. The first kappa shape index (κ1) is 24.2. The van der Waals surface area contributed by atoms with E-state index < -0.39 is 28.2 Å². The van der Waals surface area contributed by atoms with Crippen LogP contribution in [0.15, 0.2) is 71.5 Å². The minimum atomic E-state index is -0.803. The fourth-order valence-corrected chi connectivity index (χ4v) is 3.40. The van der Waals surface area contributed by atoms with E-state index in [4.69, 9.17) is 21.1 Å². The summed E-state index contributed by atoms with van der Waals surface area (Å²) < 4.78 is 10.6. The van der Waals surface area contributed by atoms with Gasteiger partial charge in [-0.15, -0.1) is 0 Å². The van der Waals surface area contributed by atoms with Crippen molar-refractivity contribution < 1.29 is 29.1 Å². The second kappa shape index (κ2) is 10.6. The fourth-order valence-electron chi connectivity index (χ4n) is 3.18. The Morgan fingerprint density at radius 1 is 1.08 bits per heavy atom. The number of phenolic OH excluding ortho intramolecular Hbond substituents is 1. The molecule has 0 saturated heterocycles. The molecule has 0 aromatic heterocycles. The Labute approximate surface area is 208 Å². The zero-order valence-corrected chi connectivity index (χ0v) is 19.1. The van der Waals surface area contributed by atoms with Crippen LogP contribution < -0.4 is 20.2 Å². The molecule has 3 N–H and O–H groups in total. The second-order valence-electron chi connectivity index (χ2n) is 7.31. The normalized spacial score (nSPS) is 12.4. The van der Waals surface area contributed by atoms with E-state index in [0.29, 0.717) is 22.6 Å². The standard InChI is InChI=1S/C24H17ClN4O7/c25-17-10-16(22(30)19(11-17)29(33)34)12-26-28-24(32)18(27-23(31)15-4-2-1-3-5-15)8-14-6-7-20-21(9-14)36-13-35-20/h1-12,30H,13H2,(H,27,31)(H,28,32)/b18-8?,26-12+. The van der Waals surface area contributed by atoms with Crippen molar-refractivity contribution in [3.63, 3.8) is 0 Å². The minimum Gasteiger partial charge on any atom is -0.502 e. The summed E-state index contributed by atoms with van der Waals surface area (Å²) in [6, 6.07) is 15.5. The molecule has 11 nitrogen and oxygen atoms in total. The zero-order valence-electron chi connectivity index (χ0n) is 18.3. The number of benzene rings is 3. The molecule has 1 aliphatic heterocycles. The summed E-state index contributed by atoms with van der Waals surface area (Å²) in [5, 5.41) is 27.4. The number of nitrogens with zero attached hydrogens (tertiary/aromatic N) is 2. The monoisotopic (exact) mass is 508 g/mol. The van der Waals surface area contributed by atoms with Crippen LogP contribution in [0.4, 0.5) is 5.69 Å². The van der Waals surface area contributed by atoms with Gasteiger partial charge in [0.1, 0.15) is 5.70 Å². The van der Waals surface area contributed by atoms with E-state index in [1.165, 1.54) is 12.1 Å². The molecule has 0 unspecified atom stereocenters. The number of hydrogen-bond acceptors (Lipinski definition) is 8. The highest BCUT2D eigenvalue weighted by Gasteiger charge is 2.19. The number of hydrazone groups is 1. The lowest BCUT2D eigenvalue weighted by Crippen LogP contribution is -2.32. The Morgan fingerprint density at radius 3 is 2.58 bits per heavy atom. The molecule has 1 aliphatic rings. The van der Waals surface area contributed by atoms with Crippen molar-refractivity contribution in [2.45, 2.75) is 0 Å². The van der Waals surface area contributed by atoms with Crippen molar-refractivity contribution in [3.05, 3.63) is 98.2 Å². The second-order valence-corrected chi connectivity index (χ2v) is 7.75. The number of amides is 2. The van der Waals surface area contributed by atoms with Crippen LogP contribution in [-0.4, -0.2) is 34.9 Å². The van der Waals surface area contributed by atoms with Crippen molar-refractivity contribution in [1.82, 2.24) is 10.7 Å². The molecule has 0 fully saturated rings. The molecule has 2 amide bonds. The van der Waals surface area contributed by atoms with E-state index in [1.807, 2.05) is 0 Å². The van der Waals surface area contributed by atoms with Gasteiger partial charge in [0, 0.05) is 22.2 Å². The number of aromatic hydroxyl groups is 1. The molecule has 182 valence electrons. The van der Waals surface area contributed by atoms with Gasteiger partial charge in [-0.25, -0.2) is 5.43 Å². The van der Waals surface area contributed by atoms with Crippen LogP contribution in [0.2, 0.25) is 5.02 Å². The average molecular weight is 509 g/mol.